The quantitative estimate of drug-likeness (QED) is 0.289. The summed E-state index contributed by atoms with van der Waals surface area (Å²) in [6.07, 6.45) is -7.05. The molecule has 8 nitrogen and oxygen atoms in total. The Labute approximate surface area is 90.3 Å². The van der Waals surface area contributed by atoms with Gasteiger partial charge in [-0.05, 0) is 0 Å². The number of ether oxygens (including phenoxy) is 1. The molecule has 1 saturated heterocycles. The second kappa shape index (κ2) is 4.72. The summed E-state index contributed by atoms with van der Waals surface area (Å²) in [5, 5.41) is 55.0. The second-order valence-corrected chi connectivity index (χ2v) is 3.54. The maximum atomic E-state index is 11.2. The minimum atomic E-state index is -2.83. The normalized spacial score (nSPS) is 44.4. The Hall–Kier alpha value is -0.610. The zero-order valence-electron chi connectivity index (χ0n) is 8.22. The Morgan fingerprint density at radius 3 is 2.19 bits per heavy atom. The van der Waals surface area contributed by atoms with Crippen LogP contribution in [0.4, 0.5) is 0 Å². The lowest BCUT2D eigenvalue weighted by molar-refractivity contribution is -0.331. The fourth-order valence-corrected chi connectivity index (χ4v) is 1.50. The van der Waals surface area contributed by atoms with Crippen molar-refractivity contribution >= 4 is 5.78 Å². The van der Waals surface area contributed by atoms with Crippen molar-refractivity contribution in [2.24, 2.45) is 0 Å². The molecule has 94 valence electrons. The number of ketones is 1. The highest BCUT2D eigenvalue weighted by Crippen LogP contribution is 2.28. The third kappa shape index (κ3) is 1.96. The van der Waals surface area contributed by atoms with Crippen LogP contribution in [0.25, 0.3) is 0 Å². The SMILES string of the molecule is O=C(CO)[C@@]1(O)O[C@H](CO)[C@@H](O)[C@H](O)[C@H]1O. The number of rotatable bonds is 3. The van der Waals surface area contributed by atoms with Crippen molar-refractivity contribution < 1.29 is 40.2 Å². The Morgan fingerprint density at radius 2 is 1.75 bits per heavy atom. The summed E-state index contributed by atoms with van der Waals surface area (Å²) in [6, 6.07) is 0. The number of carbonyl (C=O) groups is 1. The number of aliphatic hydroxyl groups excluding tert-OH is 5. The molecule has 6 N–H and O–H groups in total. The summed E-state index contributed by atoms with van der Waals surface area (Å²) in [6.45, 7) is -1.89. The third-order valence-corrected chi connectivity index (χ3v) is 2.51. The Bertz CT molecular complexity index is 267. The minimum absolute atomic E-state index is 0.772. The van der Waals surface area contributed by atoms with Gasteiger partial charge in [-0.15, -0.1) is 0 Å². The topological polar surface area (TPSA) is 148 Å². The van der Waals surface area contributed by atoms with E-state index >= 15 is 0 Å². The molecular weight excluding hydrogens is 224 g/mol. The van der Waals surface area contributed by atoms with Crippen molar-refractivity contribution in [1.82, 2.24) is 0 Å². The van der Waals surface area contributed by atoms with Crippen LogP contribution >= 0.6 is 0 Å². The third-order valence-electron chi connectivity index (χ3n) is 2.51. The van der Waals surface area contributed by atoms with Crippen LogP contribution in [0.5, 0.6) is 0 Å². The first-order chi connectivity index (χ1) is 7.38. The fraction of sp³-hybridized carbons (Fsp3) is 0.875. The summed E-state index contributed by atoms with van der Waals surface area (Å²) >= 11 is 0. The second-order valence-electron chi connectivity index (χ2n) is 3.54. The highest BCUT2D eigenvalue weighted by atomic mass is 16.7. The molecule has 0 saturated carbocycles. The smallest absolute Gasteiger partial charge is 0.259 e. The molecule has 5 atom stereocenters. The maximum absolute atomic E-state index is 11.2. The van der Waals surface area contributed by atoms with E-state index in [4.69, 9.17) is 10.2 Å². The molecule has 1 rings (SSSR count). The van der Waals surface area contributed by atoms with Gasteiger partial charge in [-0.1, -0.05) is 0 Å². The number of hydrogen-bond acceptors (Lipinski definition) is 8. The first-order valence-electron chi connectivity index (χ1n) is 4.58. The van der Waals surface area contributed by atoms with Gasteiger partial charge in [-0.2, -0.15) is 0 Å². The van der Waals surface area contributed by atoms with Crippen LogP contribution in [0.1, 0.15) is 0 Å². The molecule has 0 unspecified atom stereocenters. The monoisotopic (exact) mass is 238 g/mol. The predicted octanol–water partition coefficient (Wildman–Crippen LogP) is -4.29. The molecule has 0 aromatic rings. The number of aliphatic hydroxyl groups is 6. The van der Waals surface area contributed by atoms with Gasteiger partial charge in [0, 0.05) is 0 Å². The molecule has 0 bridgehead atoms. The van der Waals surface area contributed by atoms with E-state index in [9.17, 15) is 25.2 Å². The lowest BCUT2D eigenvalue weighted by Crippen LogP contribution is -2.68. The van der Waals surface area contributed by atoms with Gasteiger partial charge >= 0.3 is 0 Å². The van der Waals surface area contributed by atoms with E-state index in [0.717, 1.165) is 0 Å². The first-order valence-corrected chi connectivity index (χ1v) is 4.58. The van der Waals surface area contributed by atoms with Crippen molar-refractivity contribution in [2.45, 2.75) is 30.2 Å². The van der Waals surface area contributed by atoms with Crippen molar-refractivity contribution in [3.8, 4) is 0 Å². The average molecular weight is 238 g/mol. The van der Waals surface area contributed by atoms with Crippen LogP contribution in [-0.4, -0.2) is 79.8 Å². The molecule has 1 heterocycles. The summed E-state index contributed by atoms with van der Waals surface area (Å²) in [4.78, 5) is 11.2. The van der Waals surface area contributed by atoms with Crippen molar-refractivity contribution in [2.75, 3.05) is 13.2 Å². The highest BCUT2D eigenvalue weighted by molar-refractivity contribution is 5.87. The van der Waals surface area contributed by atoms with Crippen LogP contribution in [0.3, 0.4) is 0 Å². The number of hydrogen-bond donors (Lipinski definition) is 6. The van der Waals surface area contributed by atoms with E-state index in [1.807, 2.05) is 0 Å². The van der Waals surface area contributed by atoms with E-state index in [1.165, 1.54) is 0 Å². The molecule has 0 spiro atoms. The highest BCUT2D eigenvalue weighted by Gasteiger charge is 2.56. The fourth-order valence-electron chi connectivity index (χ4n) is 1.50. The zero-order valence-corrected chi connectivity index (χ0v) is 8.22. The molecular formula is C8H14O8. The van der Waals surface area contributed by atoms with E-state index in [1.54, 1.807) is 0 Å². The summed E-state index contributed by atoms with van der Waals surface area (Å²) in [5.41, 5.74) is 0. The lowest BCUT2D eigenvalue weighted by Gasteiger charge is -2.43. The first kappa shape index (κ1) is 13.5. The van der Waals surface area contributed by atoms with Crippen molar-refractivity contribution in [3.63, 3.8) is 0 Å². The van der Waals surface area contributed by atoms with Gasteiger partial charge in [0.15, 0.2) is 0 Å². The molecule has 16 heavy (non-hydrogen) atoms. The van der Waals surface area contributed by atoms with E-state index < -0.39 is 49.2 Å². The molecule has 8 heteroatoms. The Balaban J connectivity index is 2.98. The van der Waals surface area contributed by atoms with Gasteiger partial charge in [0.05, 0.1) is 6.61 Å². The van der Waals surface area contributed by atoms with E-state index in [-0.39, 0.29) is 0 Å². The molecule has 1 aliphatic heterocycles. The summed E-state index contributed by atoms with van der Waals surface area (Å²) in [7, 11) is 0. The lowest BCUT2D eigenvalue weighted by atomic mass is 9.90. The largest absolute Gasteiger partial charge is 0.394 e. The maximum Gasteiger partial charge on any atom is 0.259 e. The van der Waals surface area contributed by atoms with Gasteiger partial charge in [-0.3, -0.25) is 4.79 Å². The molecule has 0 aromatic carbocycles. The Kier molecular flexibility index (Phi) is 3.97. The van der Waals surface area contributed by atoms with Gasteiger partial charge < -0.3 is 35.4 Å². The zero-order chi connectivity index (χ0) is 12.5. The van der Waals surface area contributed by atoms with Crippen LogP contribution in [-0.2, 0) is 9.53 Å². The standard InChI is InChI=1S/C8H14O8/c9-1-3-5(12)6(13)7(14)8(15,16-3)4(11)2-10/h3,5-7,9-10,12-15H,1-2H2/t3-,5-,6+,7-,8-/m1/s1. The van der Waals surface area contributed by atoms with Gasteiger partial charge in [0.2, 0.25) is 5.78 Å². The molecule has 0 radical (unpaired) electrons. The number of Topliss-reactive ketones (excluding diaryl/α,β-unsaturated/α-hetero) is 1. The van der Waals surface area contributed by atoms with Crippen LogP contribution in [0, 0.1) is 0 Å². The molecule has 1 fully saturated rings. The molecule has 0 aliphatic carbocycles. The summed E-state index contributed by atoms with van der Waals surface area (Å²) in [5.74, 6) is -4.11. The van der Waals surface area contributed by atoms with Crippen molar-refractivity contribution in [3.05, 3.63) is 0 Å². The molecule has 0 aromatic heterocycles. The molecule has 0 amide bonds. The summed E-state index contributed by atoms with van der Waals surface area (Å²) < 4.78 is 4.61. The van der Waals surface area contributed by atoms with E-state index in [0.29, 0.717) is 0 Å². The van der Waals surface area contributed by atoms with Gasteiger partial charge in [0.1, 0.15) is 31.0 Å². The van der Waals surface area contributed by atoms with Gasteiger partial charge in [-0.25, -0.2) is 0 Å². The Morgan fingerprint density at radius 1 is 1.19 bits per heavy atom. The average Bonchev–Trinajstić information content (AvgIpc) is 2.30. The predicted molar refractivity (Wildman–Crippen MR) is 47.0 cm³/mol. The van der Waals surface area contributed by atoms with Gasteiger partial charge in [0.25, 0.3) is 5.79 Å². The van der Waals surface area contributed by atoms with E-state index in [2.05, 4.69) is 4.74 Å². The number of carbonyl (C=O) groups excluding carboxylic acids is 1. The van der Waals surface area contributed by atoms with Crippen LogP contribution in [0.15, 0.2) is 0 Å². The molecule has 1 aliphatic rings. The van der Waals surface area contributed by atoms with Crippen LogP contribution in [0.2, 0.25) is 0 Å². The minimum Gasteiger partial charge on any atom is -0.394 e. The van der Waals surface area contributed by atoms with Crippen molar-refractivity contribution in [1.29, 1.82) is 0 Å². The van der Waals surface area contributed by atoms with Crippen LogP contribution < -0.4 is 0 Å².